The molecule has 0 aromatic rings. The van der Waals surface area contributed by atoms with Crippen LogP contribution in [0.1, 0.15) is 44.9 Å². The summed E-state index contributed by atoms with van der Waals surface area (Å²) in [5, 5.41) is 0. The van der Waals surface area contributed by atoms with Gasteiger partial charge in [-0.05, 0) is 31.3 Å². The monoisotopic (exact) mass is 206 g/mol. The Morgan fingerprint density at radius 1 is 1.33 bits per heavy atom. The first-order chi connectivity index (χ1) is 7.24. The number of rotatable bonds is 6. The molecule has 0 fully saturated rings. The van der Waals surface area contributed by atoms with Gasteiger partial charge in [-0.3, -0.25) is 9.59 Å². The summed E-state index contributed by atoms with van der Waals surface area (Å²) in [5.41, 5.74) is 0.938. The molecule has 0 radical (unpaired) electrons. The molecule has 1 aliphatic carbocycles. The maximum Gasteiger partial charge on any atom is 0.158 e. The third kappa shape index (κ3) is 4.24. The topological polar surface area (TPSA) is 34.1 Å². The molecule has 2 heteroatoms. The Morgan fingerprint density at radius 2 is 2.13 bits per heavy atom. The molecule has 1 rings (SSSR count). The van der Waals surface area contributed by atoms with Gasteiger partial charge >= 0.3 is 0 Å². The molecule has 2 nitrogen and oxygen atoms in total. The van der Waals surface area contributed by atoms with Gasteiger partial charge in [-0.1, -0.05) is 12.2 Å². The van der Waals surface area contributed by atoms with Crippen molar-refractivity contribution >= 4 is 11.6 Å². The van der Waals surface area contributed by atoms with Crippen LogP contribution in [0.4, 0.5) is 0 Å². The van der Waals surface area contributed by atoms with Crippen molar-refractivity contribution in [1.29, 1.82) is 0 Å². The lowest BCUT2D eigenvalue weighted by Gasteiger charge is -2.10. The molecule has 0 aromatic carbocycles. The second-order valence-corrected chi connectivity index (χ2v) is 3.93. The van der Waals surface area contributed by atoms with Crippen LogP contribution in [0.25, 0.3) is 0 Å². The van der Waals surface area contributed by atoms with E-state index in [0.717, 1.165) is 24.8 Å². The standard InChI is InChI=1S/C13H18O2/c1-2-6-12(14)9-10-13(15)11-7-4-3-5-8-11/h2,7H,1,3-6,8-10H2. The molecule has 0 saturated carbocycles. The SMILES string of the molecule is C=CCC(=O)CCC(=O)C1=CCCCC1. The lowest BCUT2D eigenvalue weighted by Crippen LogP contribution is -2.08. The molecule has 0 saturated heterocycles. The van der Waals surface area contributed by atoms with Gasteiger partial charge in [-0.2, -0.15) is 0 Å². The van der Waals surface area contributed by atoms with Gasteiger partial charge in [0.1, 0.15) is 5.78 Å². The fourth-order valence-electron chi connectivity index (χ4n) is 1.77. The van der Waals surface area contributed by atoms with Crippen molar-refractivity contribution in [2.75, 3.05) is 0 Å². The van der Waals surface area contributed by atoms with Gasteiger partial charge in [0, 0.05) is 19.3 Å². The summed E-state index contributed by atoms with van der Waals surface area (Å²) in [6, 6.07) is 0. The van der Waals surface area contributed by atoms with Crippen molar-refractivity contribution in [3.8, 4) is 0 Å². The number of ketones is 2. The third-order valence-corrected chi connectivity index (χ3v) is 2.65. The third-order valence-electron chi connectivity index (χ3n) is 2.65. The van der Waals surface area contributed by atoms with Crippen molar-refractivity contribution in [2.24, 2.45) is 0 Å². The Morgan fingerprint density at radius 3 is 2.73 bits per heavy atom. The molecule has 0 N–H and O–H groups in total. The molecular formula is C13H18O2. The van der Waals surface area contributed by atoms with E-state index in [9.17, 15) is 9.59 Å². The molecule has 0 aliphatic heterocycles. The number of Topliss-reactive ketones (excluding diaryl/α,β-unsaturated/α-hetero) is 2. The van der Waals surface area contributed by atoms with E-state index in [-0.39, 0.29) is 11.6 Å². The van der Waals surface area contributed by atoms with Crippen molar-refractivity contribution in [2.45, 2.75) is 44.9 Å². The fraction of sp³-hybridized carbons (Fsp3) is 0.538. The summed E-state index contributed by atoms with van der Waals surface area (Å²) in [4.78, 5) is 22.8. The quantitative estimate of drug-likeness (QED) is 0.626. The lowest BCUT2D eigenvalue weighted by molar-refractivity contribution is -0.122. The normalized spacial score (nSPS) is 15.6. The van der Waals surface area contributed by atoms with Crippen molar-refractivity contribution in [1.82, 2.24) is 0 Å². The first kappa shape index (κ1) is 11.9. The second kappa shape index (κ2) is 6.33. The minimum atomic E-state index is 0.106. The van der Waals surface area contributed by atoms with Crippen LogP contribution in [0.3, 0.4) is 0 Å². The molecule has 0 unspecified atom stereocenters. The Balaban J connectivity index is 2.32. The van der Waals surface area contributed by atoms with Crippen LogP contribution in [-0.2, 0) is 9.59 Å². The Labute approximate surface area is 91.1 Å². The van der Waals surface area contributed by atoms with Crippen LogP contribution in [-0.4, -0.2) is 11.6 Å². The zero-order chi connectivity index (χ0) is 11.1. The Bertz CT molecular complexity index is 287. The van der Waals surface area contributed by atoms with Crippen LogP contribution >= 0.6 is 0 Å². The maximum absolute atomic E-state index is 11.7. The van der Waals surface area contributed by atoms with Crippen LogP contribution < -0.4 is 0 Å². The Kier molecular flexibility index (Phi) is 5.02. The molecule has 0 aromatic heterocycles. The van der Waals surface area contributed by atoms with Crippen LogP contribution in [0.15, 0.2) is 24.3 Å². The number of carbonyl (C=O) groups is 2. The van der Waals surface area contributed by atoms with E-state index in [2.05, 4.69) is 6.58 Å². The minimum absolute atomic E-state index is 0.106. The first-order valence-corrected chi connectivity index (χ1v) is 5.59. The average Bonchev–Trinajstić information content (AvgIpc) is 2.27. The van der Waals surface area contributed by atoms with E-state index in [0.29, 0.717) is 19.3 Å². The van der Waals surface area contributed by atoms with Crippen molar-refractivity contribution in [3.05, 3.63) is 24.3 Å². The predicted octanol–water partition coefficient (Wildman–Crippen LogP) is 2.98. The van der Waals surface area contributed by atoms with Crippen LogP contribution in [0.2, 0.25) is 0 Å². The van der Waals surface area contributed by atoms with E-state index < -0.39 is 0 Å². The van der Waals surface area contributed by atoms with E-state index in [1.54, 1.807) is 6.08 Å². The minimum Gasteiger partial charge on any atom is -0.299 e. The number of allylic oxidation sites excluding steroid dienone is 3. The van der Waals surface area contributed by atoms with Crippen molar-refractivity contribution in [3.63, 3.8) is 0 Å². The van der Waals surface area contributed by atoms with Crippen LogP contribution in [0, 0.1) is 0 Å². The van der Waals surface area contributed by atoms with Gasteiger partial charge in [0.15, 0.2) is 5.78 Å². The molecule has 0 spiro atoms. The van der Waals surface area contributed by atoms with Gasteiger partial charge in [0.05, 0.1) is 0 Å². The van der Waals surface area contributed by atoms with Gasteiger partial charge in [-0.25, -0.2) is 0 Å². The summed E-state index contributed by atoms with van der Waals surface area (Å²) in [6.07, 6.45) is 8.95. The van der Waals surface area contributed by atoms with Gasteiger partial charge in [-0.15, -0.1) is 6.58 Å². The predicted molar refractivity (Wildman–Crippen MR) is 60.6 cm³/mol. The number of hydrogen-bond acceptors (Lipinski definition) is 2. The number of carbonyl (C=O) groups excluding carboxylic acids is 2. The van der Waals surface area contributed by atoms with Gasteiger partial charge in [0.25, 0.3) is 0 Å². The highest BCUT2D eigenvalue weighted by Gasteiger charge is 2.13. The maximum atomic E-state index is 11.7. The molecular weight excluding hydrogens is 188 g/mol. The molecule has 15 heavy (non-hydrogen) atoms. The molecule has 0 bridgehead atoms. The summed E-state index contributed by atoms with van der Waals surface area (Å²) in [7, 11) is 0. The van der Waals surface area contributed by atoms with Gasteiger partial charge < -0.3 is 0 Å². The summed E-state index contributed by atoms with van der Waals surface area (Å²) in [5.74, 6) is 0.266. The molecule has 82 valence electrons. The van der Waals surface area contributed by atoms with E-state index in [1.807, 2.05) is 6.08 Å². The van der Waals surface area contributed by atoms with E-state index in [1.165, 1.54) is 6.42 Å². The highest BCUT2D eigenvalue weighted by Crippen LogP contribution is 2.19. The molecule has 0 amide bonds. The summed E-state index contributed by atoms with van der Waals surface area (Å²) >= 11 is 0. The van der Waals surface area contributed by atoms with Crippen molar-refractivity contribution < 1.29 is 9.59 Å². The molecule has 1 aliphatic rings. The zero-order valence-electron chi connectivity index (χ0n) is 9.13. The Hall–Kier alpha value is -1.18. The van der Waals surface area contributed by atoms with Crippen LogP contribution in [0.5, 0.6) is 0 Å². The second-order valence-electron chi connectivity index (χ2n) is 3.93. The molecule has 0 heterocycles. The highest BCUT2D eigenvalue weighted by atomic mass is 16.1. The first-order valence-electron chi connectivity index (χ1n) is 5.59. The van der Waals surface area contributed by atoms with E-state index in [4.69, 9.17) is 0 Å². The van der Waals surface area contributed by atoms with E-state index >= 15 is 0 Å². The summed E-state index contributed by atoms with van der Waals surface area (Å²) < 4.78 is 0. The summed E-state index contributed by atoms with van der Waals surface area (Å²) in [6.45, 7) is 3.50. The lowest BCUT2D eigenvalue weighted by atomic mass is 9.94. The average molecular weight is 206 g/mol. The zero-order valence-corrected chi connectivity index (χ0v) is 9.13. The highest BCUT2D eigenvalue weighted by molar-refractivity contribution is 5.97. The smallest absolute Gasteiger partial charge is 0.158 e. The van der Waals surface area contributed by atoms with Gasteiger partial charge in [0.2, 0.25) is 0 Å². The molecule has 0 atom stereocenters. The largest absolute Gasteiger partial charge is 0.299 e. The number of hydrogen-bond donors (Lipinski definition) is 0. The fourth-order valence-corrected chi connectivity index (χ4v) is 1.77.